The number of ether oxygens (including phenoxy) is 1. The Morgan fingerprint density at radius 1 is 0.875 bits per heavy atom. The molecule has 5 heteroatoms. The first kappa shape index (κ1) is 28.1. The topological polar surface area (TPSA) is 59.5 Å². The fourth-order valence-corrected chi connectivity index (χ4v) is 3.82. The number of amides is 1. The van der Waals surface area contributed by atoms with Gasteiger partial charge < -0.3 is 9.64 Å². The zero-order chi connectivity index (χ0) is 23.3. The zero-order valence-corrected chi connectivity index (χ0v) is 20.7. The summed E-state index contributed by atoms with van der Waals surface area (Å²) in [4.78, 5) is 27.9. The van der Waals surface area contributed by atoms with Crippen LogP contribution in [0.2, 0.25) is 0 Å². The molecule has 0 radical (unpaired) electrons. The lowest BCUT2D eigenvalue weighted by molar-refractivity contribution is -0.126. The fraction of sp³-hybridized carbons (Fsp3) is 0.741. The maximum Gasteiger partial charge on any atom is 0.338 e. The predicted octanol–water partition coefficient (Wildman–Crippen LogP) is 6.96. The molecule has 1 fully saturated rings. The van der Waals surface area contributed by atoms with Crippen molar-refractivity contribution in [1.29, 1.82) is 0 Å². The standard InChI is InChI=1S/C22H37NO2.C5H9NO/c1-2-3-4-5-6-7-8-9-10-11-12-13-14-15-20-25-22(24)21-16-18-23-19-17-21;1-6-4-2-3-5(6)7/h16-19H,2-15,20H2,1H3;2-4H2,1H3. The normalized spacial score (nSPS) is 13.1. The van der Waals surface area contributed by atoms with Gasteiger partial charge in [0.25, 0.3) is 0 Å². The van der Waals surface area contributed by atoms with Crippen LogP contribution in [-0.2, 0) is 9.53 Å². The number of hydrogen-bond donors (Lipinski definition) is 0. The van der Waals surface area contributed by atoms with Crippen molar-refractivity contribution in [1.82, 2.24) is 9.88 Å². The highest BCUT2D eigenvalue weighted by atomic mass is 16.5. The van der Waals surface area contributed by atoms with Gasteiger partial charge in [-0.25, -0.2) is 4.79 Å². The van der Waals surface area contributed by atoms with E-state index in [1.54, 1.807) is 29.4 Å². The number of nitrogens with zero attached hydrogens (tertiary/aromatic N) is 2. The molecule has 1 aliphatic heterocycles. The molecule has 1 aromatic rings. The Bertz CT molecular complexity index is 592. The Morgan fingerprint density at radius 3 is 1.78 bits per heavy atom. The molecule has 1 amide bonds. The third-order valence-electron chi connectivity index (χ3n) is 5.96. The van der Waals surface area contributed by atoms with Gasteiger partial charge >= 0.3 is 5.97 Å². The molecule has 32 heavy (non-hydrogen) atoms. The van der Waals surface area contributed by atoms with E-state index in [0.717, 1.165) is 32.2 Å². The summed E-state index contributed by atoms with van der Waals surface area (Å²) in [5, 5.41) is 0. The quantitative estimate of drug-likeness (QED) is 0.203. The van der Waals surface area contributed by atoms with Crippen LogP contribution in [0.5, 0.6) is 0 Å². The molecular weight excluding hydrogens is 400 g/mol. The number of carbonyl (C=O) groups excluding carboxylic acids is 2. The van der Waals surface area contributed by atoms with Crippen LogP contribution in [-0.4, -0.2) is 42.0 Å². The summed E-state index contributed by atoms with van der Waals surface area (Å²) in [5.74, 6) is 0.0529. The number of pyridine rings is 1. The Hall–Kier alpha value is -1.91. The first-order chi connectivity index (χ1) is 15.6. The molecule has 0 atom stereocenters. The number of aromatic nitrogens is 1. The monoisotopic (exact) mass is 446 g/mol. The van der Waals surface area contributed by atoms with Crippen molar-refractivity contribution in [2.75, 3.05) is 20.2 Å². The minimum Gasteiger partial charge on any atom is -0.462 e. The van der Waals surface area contributed by atoms with Gasteiger partial charge in [0.2, 0.25) is 5.91 Å². The largest absolute Gasteiger partial charge is 0.462 e. The van der Waals surface area contributed by atoms with Gasteiger partial charge in [-0.3, -0.25) is 9.78 Å². The first-order valence-corrected chi connectivity index (χ1v) is 13.0. The highest BCUT2D eigenvalue weighted by Gasteiger charge is 2.14. The van der Waals surface area contributed by atoms with Gasteiger partial charge in [0.1, 0.15) is 0 Å². The maximum absolute atomic E-state index is 11.7. The molecule has 0 aliphatic carbocycles. The molecular formula is C27H46N2O3. The van der Waals surface area contributed by atoms with E-state index in [1.807, 2.05) is 7.05 Å². The molecule has 0 aromatic carbocycles. The van der Waals surface area contributed by atoms with Crippen LogP contribution >= 0.6 is 0 Å². The van der Waals surface area contributed by atoms with Crippen LogP contribution in [0.15, 0.2) is 24.5 Å². The molecule has 2 heterocycles. The van der Waals surface area contributed by atoms with Crippen molar-refractivity contribution < 1.29 is 14.3 Å². The summed E-state index contributed by atoms with van der Waals surface area (Å²) in [6, 6.07) is 3.38. The summed E-state index contributed by atoms with van der Waals surface area (Å²) in [6.07, 6.45) is 23.7. The Balaban J connectivity index is 0.000000616. The van der Waals surface area contributed by atoms with Gasteiger partial charge in [-0.05, 0) is 25.0 Å². The number of likely N-dealkylation sites (tertiary alicyclic amines) is 1. The van der Waals surface area contributed by atoms with Crippen LogP contribution in [0.1, 0.15) is 120 Å². The number of unbranched alkanes of at least 4 members (excludes halogenated alkanes) is 13. The van der Waals surface area contributed by atoms with Crippen LogP contribution in [0.4, 0.5) is 0 Å². The van der Waals surface area contributed by atoms with Gasteiger partial charge in [-0.15, -0.1) is 0 Å². The van der Waals surface area contributed by atoms with E-state index in [9.17, 15) is 9.59 Å². The molecule has 2 rings (SSSR count). The van der Waals surface area contributed by atoms with Crippen molar-refractivity contribution in [3.8, 4) is 0 Å². The van der Waals surface area contributed by atoms with Crippen molar-refractivity contribution in [2.24, 2.45) is 0 Å². The van der Waals surface area contributed by atoms with E-state index >= 15 is 0 Å². The Kier molecular flexibility index (Phi) is 17.4. The van der Waals surface area contributed by atoms with Crippen molar-refractivity contribution in [3.05, 3.63) is 30.1 Å². The summed E-state index contributed by atoms with van der Waals surface area (Å²) >= 11 is 0. The summed E-state index contributed by atoms with van der Waals surface area (Å²) in [7, 11) is 1.84. The average molecular weight is 447 g/mol. The number of hydrogen-bond acceptors (Lipinski definition) is 4. The molecule has 1 saturated heterocycles. The number of carbonyl (C=O) groups is 2. The van der Waals surface area contributed by atoms with E-state index < -0.39 is 0 Å². The van der Waals surface area contributed by atoms with Gasteiger partial charge in [0.05, 0.1) is 12.2 Å². The second kappa shape index (κ2) is 19.8. The second-order valence-electron chi connectivity index (χ2n) is 8.89. The third kappa shape index (κ3) is 15.0. The number of esters is 1. The average Bonchev–Trinajstić information content (AvgIpc) is 3.19. The van der Waals surface area contributed by atoms with E-state index in [1.165, 1.54) is 77.0 Å². The molecule has 0 spiro atoms. The third-order valence-corrected chi connectivity index (χ3v) is 5.96. The second-order valence-corrected chi connectivity index (χ2v) is 8.89. The van der Waals surface area contributed by atoms with E-state index in [0.29, 0.717) is 18.1 Å². The van der Waals surface area contributed by atoms with Gasteiger partial charge in [-0.2, -0.15) is 0 Å². The smallest absolute Gasteiger partial charge is 0.338 e. The Labute approximate surface area is 196 Å². The SMILES string of the molecule is CCCCCCCCCCCCCCCCOC(=O)c1ccncc1.CN1CCCC1=O. The van der Waals surface area contributed by atoms with Crippen molar-refractivity contribution in [2.45, 2.75) is 110 Å². The summed E-state index contributed by atoms with van der Waals surface area (Å²) in [6.45, 7) is 3.76. The molecule has 0 bridgehead atoms. The minimum absolute atomic E-state index is 0.239. The molecule has 1 aliphatic rings. The van der Waals surface area contributed by atoms with Crippen molar-refractivity contribution >= 4 is 11.9 Å². The lowest BCUT2D eigenvalue weighted by atomic mass is 10.0. The van der Waals surface area contributed by atoms with Crippen LogP contribution in [0.25, 0.3) is 0 Å². The molecule has 0 N–H and O–H groups in total. The highest BCUT2D eigenvalue weighted by molar-refractivity contribution is 5.89. The predicted molar refractivity (Wildman–Crippen MR) is 132 cm³/mol. The Morgan fingerprint density at radius 2 is 1.38 bits per heavy atom. The lowest BCUT2D eigenvalue weighted by Crippen LogP contribution is -2.17. The van der Waals surface area contributed by atoms with Crippen LogP contribution in [0.3, 0.4) is 0 Å². The lowest BCUT2D eigenvalue weighted by Gasteiger charge is -2.05. The molecule has 0 unspecified atom stereocenters. The molecule has 5 nitrogen and oxygen atoms in total. The first-order valence-electron chi connectivity index (χ1n) is 13.0. The molecule has 0 saturated carbocycles. The molecule has 182 valence electrons. The highest BCUT2D eigenvalue weighted by Crippen LogP contribution is 2.13. The van der Waals surface area contributed by atoms with E-state index in [2.05, 4.69) is 11.9 Å². The molecule has 1 aromatic heterocycles. The van der Waals surface area contributed by atoms with Crippen LogP contribution in [0, 0.1) is 0 Å². The maximum atomic E-state index is 11.7. The van der Waals surface area contributed by atoms with Gasteiger partial charge in [-0.1, -0.05) is 90.4 Å². The van der Waals surface area contributed by atoms with Gasteiger partial charge in [0.15, 0.2) is 0 Å². The van der Waals surface area contributed by atoms with E-state index in [-0.39, 0.29) is 5.97 Å². The van der Waals surface area contributed by atoms with Gasteiger partial charge in [0, 0.05) is 32.4 Å². The minimum atomic E-state index is -0.239. The number of rotatable bonds is 16. The zero-order valence-electron chi connectivity index (χ0n) is 20.7. The van der Waals surface area contributed by atoms with Crippen LogP contribution < -0.4 is 0 Å². The summed E-state index contributed by atoms with van der Waals surface area (Å²) in [5.41, 5.74) is 0.584. The van der Waals surface area contributed by atoms with Crippen molar-refractivity contribution in [3.63, 3.8) is 0 Å². The summed E-state index contributed by atoms with van der Waals surface area (Å²) < 4.78 is 5.27. The fourth-order valence-electron chi connectivity index (χ4n) is 3.82. The van der Waals surface area contributed by atoms with E-state index in [4.69, 9.17) is 4.74 Å².